The zero-order valence-electron chi connectivity index (χ0n) is 14.2. The van der Waals surface area contributed by atoms with Crippen LogP contribution in [0.5, 0.6) is 0 Å². The van der Waals surface area contributed by atoms with Gasteiger partial charge in [-0.3, -0.25) is 4.79 Å². The smallest absolute Gasteiger partial charge is 0.318 e. The van der Waals surface area contributed by atoms with E-state index in [1.165, 1.54) is 6.08 Å². The third kappa shape index (κ3) is 4.32. The zero-order chi connectivity index (χ0) is 18.7. The molecule has 0 aromatic heterocycles. The molecule has 0 spiro atoms. The van der Waals surface area contributed by atoms with E-state index in [1.54, 1.807) is 28.0 Å². The van der Waals surface area contributed by atoms with Crippen molar-refractivity contribution in [1.82, 2.24) is 15.1 Å². The normalized spacial score (nSPS) is 17.8. The topological polar surface area (TPSA) is 52.7 Å². The highest BCUT2D eigenvalue weighted by molar-refractivity contribution is 6.42. The van der Waals surface area contributed by atoms with E-state index in [0.29, 0.717) is 36.2 Å². The predicted molar refractivity (Wildman–Crippen MR) is 102 cm³/mol. The van der Waals surface area contributed by atoms with E-state index in [4.69, 9.17) is 23.2 Å². The molecule has 0 atom stereocenters. The number of carbonyl (C=O) groups excluding carboxylic acids is 2. The van der Waals surface area contributed by atoms with Crippen molar-refractivity contribution in [3.63, 3.8) is 0 Å². The summed E-state index contributed by atoms with van der Waals surface area (Å²) in [5.74, 6) is 6.11. The molecule has 2 fully saturated rings. The summed E-state index contributed by atoms with van der Waals surface area (Å²) in [6.45, 7) is 5.52. The average Bonchev–Trinajstić information content (AvgIpc) is 3.42. The monoisotopic (exact) mass is 391 g/mol. The molecule has 1 saturated heterocycles. The second-order valence-corrected chi connectivity index (χ2v) is 7.22. The predicted octanol–water partition coefficient (Wildman–Crippen LogP) is 2.92. The number of hydrogen-bond acceptors (Lipinski definition) is 2. The molecule has 1 heterocycles. The van der Waals surface area contributed by atoms with E-state index in [9.17, 15) is 9.59 Å². The van der Waals surface area contributed by atoms with Gasteiger partial charge >= 0.3 is 6.03 Å². The highest BCUT2D eigenvalue weighted by atomic mass is 35.5. The second-order valence-electron chi connectivity index (χ2n) is 6.41. The molecule has 3 rings (SSSR count). The Labute approximate surface area is 162 Å². The number of urea groups is 1. The highest BCUT2D eigenvalue weighted by Gasteiger charge is 2.43. The summed E-state index contributed by atoms with van der Waals surface area (Å²) in [5, 5.41) is 3.97. The van der Waals surface area contributed by atoms with Crippen molar-refractivity contribution in [2.75, 3.05) is 26.2 Å². The van der Waals surface area contributed by atoms with Crippen LogP contribution < -0.4 is 5.32 Å². The minimum absolute atomic E-state index is 0.101. The molecular weight excluding hydrogens is 373 g/mol. The summed E-state index contributed by atoms with van der Waals surface area (Å²) < 4.78 is 0. The number of carbonyl (C=O) groups is 2. The third-order valence-electron chi connectivity index (χ3n) is 4.52. The van der Waals surface area contributed by atoms with Gasteiger partial charge < -0.3 is 15.1 Å². The van der Waals surface area contributed by atoms with Crippen molar-refractivity contribution in [2.24, 2.45) is 0 Å². The Hall–Kier alpha value is -2.16. The first-order valence-corrected chi connectivity index (χ1v) is 9.15. The Kier molecular flexibility index (Phi) is 5.45. The van der Waals surface area contributed by atoms with Crippen LogP contribution in [0.4, 0.5) is 4.79 Å². The Morgan fingerprint density at radius 3 is 2.35 bits per heavy atom. The van der Waals surface area contributed by atoms with Crippen LogP contribution in [0.2, 0.25) is 10.0 Å². The minimum atomic E-state index is -0.475. The maximum atomic E-state index is 12.5. The van der Waals surface area contributed by atoms with E-state index in [1.807, 2.05) is 0 Å². The number of benzene rings is 1. The maximum absolute atomic E-state index is 12.5. The number of halogens is 2. The van der Waals surface area contributed by atoms with E-state index in [0.717, 1.165) is 18.4 Å². The number of nitrogens with one attached hydrogen (secondary N) is 1. The molecule has 0 bridgehead atoms. The Balaban J connectivity index is 1.58. The molecule has 0 radical (unpaired) electrons. The van der Waals surface area contributed by atoms with Crippen molar-refractivity contribution in [1.29, 1.82) is 0 Å². The molecule has 5 nitrogen and oxygen atoms in total. The summed E-state index contributed by atoms with van der Waals surface area (Å²) in [7, 11) is 0. The first-order valence-electron chi connectivity index (χ1n) is 8.39. The Morgan fingerprint density at radius 2 is 1.77 bits per heavy atom. The van der Waals surface area contributed by atoms with Crippen LogP contribution in [0.3, 0.4) is 0 Å². The molecule has 0 unspecified atom stereocenters. The van der Waals surface area contributed by atoms with Crippen molar-refractivity contribution in [3.8, 4) is 11.8 Å². The fourth-order valence-electron chi connectivity index (χ4n) is 2.71. The van der Waals surface area contributed by atoms with Gasteiger partial charge in [-0.1, -0.05) is 41.6 Å². The molecule has 1 aliphatic carbocycles. The van der Waals surface area contributed by atoms with Crippen molar-refractivity contribution < 1.29 is 9.59 Å². The second kappa shape index (κ2) is 7.61. The van der Waals surface area contributed by atoms with Gasteiger partial charge in [0.2, 0.25) is 5.91 Å². The van der Waals surface area contributed by atoms with Crippen LogP contribution in [0.1, 0.15) is 18.4 Å². The van der Waals surface area contributed by atoms with Crippen LogP contribution in [0, 0.1) is 11.8 Å². The van der Waals surface area contributed by atoms with Gasteiger partial charge in [0.15, 0.2) is 0 Å². The number of rotatable bonds is 2. The highest BCUT2D eigenvalue weighted by Crippen LogP contribution is 2.35. The summed E-state index contributed by atoms with van der Waals surface area (Å²) in [6, 6.07) is 5.08. The van der Waals surface area contributed by atoms with Crippen LogP contribution in [-0.2, 0) is 4.79 Å². The fraction of sp³-hybridized carbons (Fsp3) is 0.368. The lowest BCUT2D eigenvalue weighted by atomic mass is 10.2. The lowest BCUT2D eigenvalue weighted by molar-refractivity contribution is -0.127. The van der Waals surface area contributed by atoms with Gasteiger partial charge in [-0.05, 0) is 37.1 Å². The molecule has 1 aromatic rings. The zero-order valence-corrected chi connectivity index (χ0v) is 15.7. The summed E-state index contributed by atoms with van der Waals surface area (Å²) >= 11 is 11.9. The van der Waals surface area contributed by atoms with E-state index in [2.05, 4.69) is 23.7 Å². The van der Waals surface area contributed by atoms with Gasteiger partial charge in [0.05, 0.1) is 10.0 Å². The number of nitrogens with zero attached hydrogens (tertiary/aromatic N) is 2. The van der Waals surface area contributed by atoms with Crippen molar-refractivity contribution in [3.05, 3.63) is 46.5 Å². The molecule has 3 amide bonds. The quantitative estimate of drug-likeness (QED) is 0.622. The molecular formula is C19H19Cl2N3O2. The van der Waals surface area contributed by atoms with Gasteiger partial charge in [-0.25, -0.2) is 4.79 Å². The Bertz CT molecular complexity index is 801. The molecule has 7 heteroatoms. The molecule has 1 N–H and O–H groups in total. The number of piperazine rings is 1. The van der Waals surface area contributed by atoms with Gasteiger partial charge in [-0.15, -0.1) is 0 Å². The van der Waals surface area contributed by atoms with Gasteiger partial charge in [0.25, 0.3) is 0 Å². The summed E-state index contributed by atoms with van der Waals surface area (Å²) in [5.41, 5.74) is 0.286. The molecule has 1 aliphatic heterocycles. The van der Waals surface area contributed by atoms with Crippen molar-refractivity contribution >= 4 is 35.1 Å². The van der Waals surface area contributed by atoms with E-state index >= 15 is 0 Å². The Morgan fingerprint density at radius 1 is 1.12 bits per heavy atom. The third-order valence-corrected chi connectivity index (χ3v) is 5.25. The number of amides is 3. The fourth-order valence-corrected chi connectivity index (χ4v) is 3.01. The molecule has 2 aliphatic rings. The van der Waals surface area contributed by atoms with Crippen LogP contribution in [-0.4, -0.2) is 53.5 Å². The molecule has 1 aromatic carbocycles. The lowest BCUT2D eigenvalue weighted by Gasteiger charge is -2.34. The van der Waals surface area contributed by atoms with Crippen LogP contribution in [0.15, 0.2) is 30.9 Å². The van der Waals surface area contributed by atoms with Gasteiger partial charge in [0.1, 0.15) is 5.54 Å². The minimum Gasteiger partial charge on any atom is -0.336 e. The standard InChI is InChI=1S/C19H19Cl2N3O2/c1-2-17(25)23-9-11-24(12-10-23)18(26)22-19(7-8-19)6-5-14-3-4-15(20)16(21)13-14/h2-4,13H,1,7-12H2,(H,22,26). The molecule has 1 saturated carbocycles. The summed E-state index contributed by atoms with van der Waals surface area (Å²) in [6.07, 6.45) is 2.94. The first kappa shape index (κ1) is 18.6. The van der Waals surface area contributed by atoms with Crippen LogP contribution in [0.25, 0.3) is 0 Å². The summed E-state index contributed by atoms with van der Waals surface area (Å²) in [4.78, 5) is 27.5. The number of hydrogen-bond donors (Lipinski definition) is 1. The van der Waals surface area contributed by atoms with E-state index < -0.39 is 5.54 Å². The van der Waals surface area contributed by atoms with Crippen LogP contribution >= 0.6 is 23.2 Å². The van der Waals surface area contributed by atoms with Gasteiger partial charge in [0, 0.05) is 31.7 Å². The average molecular weight is 392 g/mol. The SMILES string of the molecule is C=CC(=O)N1CCN(C(=O)NC2(C#Cc3ccc(Cl)c(Cl)c3)CC2)CC1. The lowest BCUT2D eigenvalue weighted by Crippen LogP contribution is -2.54. The van der Waals surface area contributed by atoms with E-state index in [-0.39, 0.29) is 11.9 Å². The molecule has 26 heavy (non-hydrogen) atoms. The largest absolute Gasteiger partial charge is 0.336 e. The maximum Gasteiger partial charge on any atom is 0.318 e. The van der Waals surface area contributed by atoms with Crippen molar-refractivity contribution in [2.45, 2.75) is 18.4 Å². The van der Waals surface area contributed by atoms with Gasteiger partial charge in [-0.2, -0.15) is 0 Å². The molecule has 136 valence electrons. The first-order chi connectivity index (χ1) is 12.4.